The van der Waals surface area contributed by atoms with Gasteiger partial charge in [0.2, 0.25) is 11.8 Å². The predicted octanol–water partition coefficient (Wildman–Crippen LogP) is 2.91. The van der Waals surface area contributed by atoms with Crippen LogP contribution in [0.25, 0.3) is 0 Å². The molecule has 128 valence electrons. The molecule has 0 fully saturated rings. The van der Waals surface area contributed by atoms with Gasteiger partial charge in [-0.15, -0.1) is 0 Å². The molecule has 5 heteroatoms. The highest BCUT2D eigenvalue weighted by Gasteiger charge is 2.33. The number of hydrogen-bond donors (Lipinski definition) is 0. The minimum atomic E-state index is -0.389. The summed E-state index contributed by atoms with van der Waals surface area (Å²) in [6, 6.07) is 16.1. The maximum Gasteiger partial charge on any atom is 0.232 e. The first kappa shape index (κ1) is 16.9. The number of nitrogens with zero attached hydrogens (tertiary/aromatic N) is 2. The Morgan fingerprint density at radius 1 is 1.00 bits per heavy atom. The number of para-hydroxylation sites is 2. The number of benzene rings is 2. The molecule has 0 saturated carbocycles. The van der Waals surface area contributed by atoms with Crippen LogP contribution in [0.2, 0.25) is 0 Å². The molecule has 0 radical (unpaired) electrons. The van der Waals surface area contributed by atoms with Crippen molar-refractivity contribution in [2.24, 2.45) is 5.92 Å². The van der Waals surface area contributed by atoms with Gasteiger partial charge in [-0.25, -0.2) is 0 Å². The zero-order valence-corrected chi connectivity index (χ0v) is 14.3. The van der Waals surface area contributed by atoms with Gasteiger partial charge in [-0.1, -0.05) is 49.4 Å². The second kappa shape index (κ2) is 6.89. The third kappa shape index (κ3) is 3.31. The molecule has 2 amide bonds. The molecule has 25 heavy (non-hydrogen) atoms. The summed E-state index contributed by atoms with van der Waals surface area (Å²) in [4.78, 5) is 40.7. The number of amides is 2. The van der Waals surface area contributed by atoms with Crippen LogP contribution in [0.3, 0.4) is 0 Å². The molecule has 3 rings (SSSR count). The van der Waals surface area contributed by atoms with Crippen molar-refractivity contribution in [1.29, 1.82) is 0 Å². The first-order chi connectivity index (χ1) is 12.0. The van der Waals surface area contributed by atoms with Gasteiger partial charge < -0.3 is 9.80 Å². The molecule has 0 N–H and O–H groups in total. The van der Waals surface area contributed by atoms with E-state index in [1.54, 1.807) is 48.2 Å². The van der Waals surface area contributed by atoms with Crippen LogP contribution >= 0.6 is 0 Å². The van der Waals surface area contributed by atoms with Gasteiger partial charge in [0.05, 0.1) is 23.8 Å². The summed E-state index contributed by atoms with van der Waals surface area (Å²) < 4.78 is 0. The van der Waals surface area contributed by atoms with Crippen molar-refractivity contribution in [2.75, 3.05) is 22.9 Å². The highest BCUT2D eigenvalue weighted by Crippen LogP contribution is 2.34. The van der Waals surface area contributed by atoms with E-state index < -0.39 is 0 Å². The fourth-order valence-electron chi connectivity index (χ4n) is 3.08. The summed E-state index contributed by atoms with van der Waals surface area (Å²) in [5, 5.41) is 0. The lowest BCUT2D eigenvalue weighted by Crippen LogP contribution is -2.40. The number of ketones is 1. The van der Waals surface area contributed by atoms with Crippen molar-refractivity contribution in [3.8, 4) is 0 Å². The molecule has 1 atom stereocenters. The monoisotopic (exact) mass is 336 g/mol. The van der Waals surface area contributed by atoms with Crippen LogP contribution in [-0.4, -0.2) is 30.7 Å². The van der Waals surface area contributed by atoms with Crippen molar-refractivity contribution in [1.82, 2.24) is 0 Å². The Bertz CT molecular complexity index is 817. The smallest absolute Gasteiger partial charge is 0.232 e. The summed E-state index contributed by atoms with van der Waals surface area (Å²) >= 11 is 0. The zero-order chi connectivity index (χ0) is 18.0. The van der Waals surface area contributed by atoms with E-state index in [1.165, 1.54) is 11.8 Å². The van der Waals surface area contributed by atoms with Crippen molar-refractivity contribution in [2.45, 2.75) is 13.8 Å². The average molecular weight is 336 g/mol. The zero-order valence-electron chi connectivity index (χ0n) is 14.3. The molecule has 1 unspecified atom stereocenters. The molecule has 2 aromatic carbocycles. The minimum absolute atomic E-state index is 0.0457. The minimum Gasteiger partial charge on any atom is -0.310 e. The van der Waals surface area contributed by atoms with E-state index in [0.29, 0.717) is 23.5 Å². The summed E-state index contributed by atoms with van der Waals surface area (Å²) in [5.41, 5.74) is 1.82. The quantitative estimate of drug-likeness (QED) is 0.810. The van der Waals surface area contributed by atoms with E-state index in [0.717, 1.165) is 0 Å². The lowest BCUT2D eigenvalue weighted by molar-refractivity contribution is -0.121. The number of Topliss-reactive ketones (excluding diaryl/α,β-unsaturated/α-hetero) is 1. The molecule has 0 saturated heterocycles. The molecule has 0 aliphatic carbocycles. The third-order valence-corrected chi connectivity index (χ3v) is 4.38. The highest BCUT2D eigenvalue weighted by atomic mass is 16.2. The molecular weight excluding hydrogens is 316 g/mol. The van der Waals surface area contributed by atoms with Gasteiger partial charge in [-0.05, 0) is 12.1 Å². The van der Waals surface area contributed by atoms with Gasteiger partial charge in [-0.3, -0.25) is 14.4 Å². The van der Waals surface area contributed by atoms with E-state index in [4.69, 9.17) is 0 Å². The van der Waals surface area contributed by atoms with Gasteiger partial charge in [0.1, 0.15) is 0 Å². The van der Waals surface area contributed by atoms with Gasteiger partial charge >= 0.3 is 0 Å². The van der Waals surface area contributed by atoms with Gasteiger partial charge in [-0.2, -0.15) is 0 Å². The summed E-state index contributed by atoms with van der Waals surface area (Å²) in [6.07, 6.45) is 0. The Morgan fingerprint density at radius 2 is 1.60 bits per heavy atom. The van der Waals surface area contributed by atoms with Crippen molar-refractivity contribution >= 4 is 29.0 Å². The summed E-state index contributed by atoms with van der Waals surface area (Å²) in [6.45, 7) is 3.53. The molecule has 0 bridgehead atoms. The lowest BCUT2D eigenvalue weighted by Gasteiger charge is -2.24. The van der Waals surface area contributed by atoms with Crippen molar-refractivity contribution < 1.29 is 14.4 Å². The van der Waals surface area contributed by atoms with Crippen LogP contribution in [0.15, 0.2) is 54.6 Å². The van der Waals surface area contributed by atoms with Crippen LogP contribution in [0.1, 0.15) is 24.2 Å². The summed E-state index contributed by atoms with van der Waals surface area (Å²) in [7, 11) is 0. The van der Waals surface area contributed by atoms with E-state index in [1.807, 2.05) is 18.2 Å². The molecule has 1 aliphatic heterocycles. The van der Waals surface area contributed by atoms with Gasteiger partial charge in [0.25, 0.3) is 0 Å². The Kier molecular flexibility index (Phi) is 4.65. The molecule has 1 heterocycles. The Hall–Kier alpha value is -2.95. The van der Waals surface area contributed by atoms with Crippen LogP contribution in [0.5, 0.6) is 0 Å². The number of fused-ring (bicyclic) bond motifs is 1. The number of hydrogen-bond acceptors (Lipinski definition) is 3. The second-order valence-corrected chi connectivity index (χ2v) is 6.23. The molecule has 5 nitrogen and oxygen atoms in total. The number of carbonyl (C=O) groups is 3. The molecular formula is C20H20N2O3. The van der Waals surface area contributed by atoms with Crippen LogP contribution in [0, 0.1) is 5.92 Å². The normalized spacial score (nSPS) is 17.0. The van der Waals surface area contributed by atoms with Crippen LogP contribution < -0.4 is 9.80 Å². The van der Waals surface area contributed by atoms with E-state index >= 15 is 0 Å². The molecule has 0 spiro atoms. The molecule has 1 aliphatic rings. The topological polar surface area (TPSA) is 57.7 Å². The lowest BCUT2D eigenvalue weighted by atomic mass is 10.1. The number of rotatable bonds is 3. The standard InChI is InChI=1S/C20H20N2O3/c1-14-12-21(15(2)23)17-10-6-7-11-18(17)22(20(14)25)13-19(24)16-8-4-3-5-9-16/h3-11,14H,12-13H2,1-2H3. The van der Waals surface area contributed by atoms with E-state index in [9.17, 15) is 14.4 Å². The number of carbonyl (C=O) groups excluding carboxylic acids is 3. The van der Waals surface area contributed by atoms with E-state index in [-0.39, 0.29) is 30.1 Å². The maximum atomic E-state index is 12.9. The fourth-order valence-corrected chi connectivity index (χ4v) is 3.08. The van der Waals surface area contributed by atoms with Gasteiger partial charge in [0, 0.05) is 19.0 Å². The Balaban J connectivity index is 2.01. The number of anilines is 2. The van der Waals surface area contributed by atoms with E-state index in [2.05, 4.69) is 0 Å². The van der Waals surface area contributed by atoms with Crippen LogP contribution in [-0.2, 0) is 9.59 Å². The van der Waals surface area contributed by atoms with Crippen molar-refractivity contribution in [3.63, 3.8) is 0 Å². The first-order valence-corrected chi connectivity index (χ1v) is 8.26. The average Bonchev–Trinajstić information content (AvgIpc) is 2.73. The molecule has 0 aromatic heterocycles. The largest absolute Gasteiger partial charge is 0.310 e. The third-order valence-electron chi connectivity index (χ3n) is 4.38. The Labute approximate surface area is 146 Å². The van der Waals surface area contributed by atoms with Gasteiger partial charge in [0.15, 0.2) is 5.78 Å². The Morgan fingerprint density at radius 3 is 2.24 bits per heavy atom. The summed E-state index contributed by atoms with van der Waals surface area (Å²) in [5.74, 6) is -0.795. The highest BCUT2D eigenvalue weighted by molar-refractivity contribution is 6.10. The van der Waals surface area contributed by atoms with Crippen molar-refractivity contribution in [3.05, 3.63) is 60.2 Å². The maximum absolute atomic E-state index is 12.9. The SMILES string of the molecule is CC(=O)N1CC(C)C(=O)N(CC(=O)c2ccccc2)c2ccccc21. The second-order valence-electron chi connectivity index (χ2n) is 6.23. The predicted molar refractivity (Wildman–Crippen MR) is 96.8 cm³/mol. The fraction of sp³-hybridized carbons (Fsp3) is 0.250. The van der Waals surface area contributed by atoms with Crippen LogP contribution in [0.4, 0.5) is 11.4 Å². The molecule has 2 aromatic rings. The first-order valence-electron chi connectivity index (χ1n) is 8.26.